The van der Waals surface area contributed by atoms with E-state index in [-0.39, 0.29) is 17.1 Å². The predicted octanol–water partition coefficient (Wildman–Crippen LogP) is 2.12. The quantitative estimate of drug-likeness (QED) is 0.797. The van der Waals surface area contributed by atoms with Crippen molar-refractivity contribution >= 4 is 10.0 Å². The first-order chi connectivity index (χ1) is 11.3. The van der Waals surface area contributed by atoms with Gasteiger partial charge in [-0.25, -0.2) is 22.2 Å². The molecule has 1 aromatic heterocycles. The zero-order valence-electron chi connectivity index (χ0n) is 14.1. The molecule has 1 heterocycles. The average Bonchev–Trinajstić information content (AvgIpc) is 2.99. The van der Waals surface area contributed by atoms with Crippen LogP contribution in [0.5, 0.6) is 0 Å². The van der Waals surface area contributed by atoms with Crippen LogP contribution in [0.25, 0.3) is 5.69 Å². The number of aryl methyl sites for hydroxylation is 1. The van der Waals surface area contributed by atoms with Crippen LogP contribution in [-0.2, 0) is 10.0 Å². The van der Waals surface area contributed by atoms with Crippen LogP contribution in [0.15, 0.2) is 35.5 Å². The molecule has 0 aliphatic carbocycles. The maximum absolute atomic E-state index is 14.4. The molecule has 3 N–H and O–H groups in total. The Kier molecular flexibility index (Phi) is 5.42. The van der Waals surface area contributed by atoms with Crippen LogP contribution in [0.2, 0.25) is 0 Å². The van der Waals surface area contributed by atoms with Gasteiger partial charge in [0, 0.05) is 18.3 Å². The number of nitrogens with zero attached hydrogens (tertiary/aromatic N) is 2. The minimum Gasteiger partial charge on any atom is -0.329 e. The first kappa shape index (κ1) is 18.6. The second-order valence-corrected chi connectivity index (χ2v) is 7.55. The molecule has 0 saturated heterocycles. The van der Waals surface area contributed by atoms with Gasteiger partial charge in [0.25, 0.3) is 0 Å². The third kappa shape index (κ3) is 3.66. The van der Waals surface area contributed by atoms with Gasteiger partial charge in [-0.15, -0.1) is 0 Å². The Morgan fingerprint density at radius 2 is 2.00 bits per heavy atom. The van der Waals surface area contributed by atoms with Crippen LogP contribution in [-0.4, -0.2) is 30.3 Å². The van der Waals surface area contributed by atoms with Crippen LogP contribution < -0.4 is 10.5 Å². The van der Waals surface area contributed by atoms with Crippen molar-refractivity contribution in [2.75, 3.05) is 6.54 Å². The van der Waals surface area contributed by atoms with Gasteiger partial charge in [-0.3, -0.25) is 0 Å². The van der Waals surface area contributed by atoms with E-state index < -0.39 is 21.4 Å². The van der Waals surface area contributed by atoms with Crippen molar-refractivity contribution in [1.29, 1.82) is 0 Å². The molecule has 0 amide bonds. The number of sulfonamides is 1. The molecule has 1 aromatic carbocycles. The van der Waals surface area contributed by atoms with Crippen molar-refractivity contribution < 1.29 is 12.8 Å². The van der Waals surface area contributed by atoms with E-state index in [1.807, 2.05) is 20.8 Å². The molecule has 0 saturated carbocycles. The minimum atomic E-state index is -3.87. The molecule has 0 aliphatic rings. The van der Waals surface area contributed by atoms with Gasteiger partial charge < -0.3 is 5.73 Å². The normalized spacial score (nSPS) is 12.5. The number of hydrogen-bond donors (Lipinski definition) is 2. The number of halogens is 1. The third-order valence-corrected chi connectivity index (χ3v) is 5.86. The standard InChI is InChI=1S/C16H23FN4O2S/c1-4-16(5-2,11-18)20-24(22,23)13-6-7-15(14(17)8-13)21-10-12(3)9-19-21/h6-10,20H,4-5,11,18H2,1-3H3. The molecule has 0 aliphatic heterocycles. The number of aromatic nitrogens is 2. The highest BCUT2D eigenvalue weighted by Gasteiger charge is 2.31. The van der Waals surface area contributed by atoms with E-state index in [2.05, 4.69) is 9.82 Å². The fraction of sp³-hybridized carbons (Fsp3) is 0.438. The molecule has 6 nitrogen and oxygen atoms in total. The maximum Gasteiger partial charge on any atom is 0.241 e. The van der Waals surface area contributed by atoms with Crippen molar-refractivity contribution in [3.63, 3.8) is 0 Å². The Bertz CT molecular complexity index is 805. The first-order valence-corrected chi connectivity index (χ1v) is 9.30. The number of nitrogens with one attached hydrogen (secondary N) is 1. The fourth-order valence-corrected chi connectivity index (χ4v) is 4.02. The van der Waals surface area contributed by atoms with Crippen molar-refractivity contribution in [2.24, 2.45) is 5.73 Å². The fourth-order valence-electron chi connectivity index (χ4n) is 2.45. The highest BCUT2D eigenvalue weighted by Crippen LogP contribution is 2.22. The molecule has 8 heteroatoms. The van der Waals surface area contributed by atoms with Crippen LogP contribution in [0.4, 0.5) is 4.39 Å². The van der Waals surface area contributed by atoms with E-state index in [0.717, 1.165) is 11.6 Å². The molecule has 0 atom stereocenters. The molecule has 0 radical (unpaired) electrons. The predicted molar refractivity (Wildman–Crippen MR) is 90.9 cm³/mol. The van der Waals surface area contributed by atoms with E-state index in [1.54, 1.807) is 12.4 Å². The summed E-state index contributed by atoms with van der Waals surface area (Å²) < 4.78 is 43.5. The highest BCUT2D eigenvalue weighted by atomic mass is 32.2. The summed E-state index contributed by atoms with van der Waals surface area (Å²) in [4.78, 5) is -0.132. The van der Waals surface area contributed by atoms with E-state index in [9.17, 15) is 12.8 Å². The molecular formula is C16H23FN4O2S. The third-order valence-electron chi connectivity index (χ3n) is 4.28. The minimum absolute atomic E-state index is 0.132. The SMILES string of the molecule is CCC(CC)(CN)NS(=O)(=O)c1ccc(-n2cc(C)cn2)c(F)c1. The molecule has 2 rings (SSSR count). The number of nitrogens with two attached hydrogens (primary N) is 1. The van der Waals surface area contributed by atoms with Gasteiger partial charge in [-0.2, -0.15) is 5.10 Å². The average molecular weight is 354 g/mol. The van der Waals surface area contributed by atoms with Gasteiger partial charge in [-0.05, 0) is 43.5 Å². The van der Waals surface area contributed by atoms with Crippen LogP contribution in [0.3, 0.4) is 0 Å². The van der Waals surface area contributed by atoms with Crippen molar-refractivity contribution in [3.05, 3.63) is 42.0 Å². The lowest BCUT2D eigenvalue weighted by Crippen LogP contribution is -2.52. The van der Waals surface area contributed by atoms with Crippen LogP contribution in [0.1, 0.15) is 32.3 Å². The monoisotopic (exact) mass is 354 g/mol. The van der Waals surface area contributed by atoms with Gasteiger partial charge in [-0.1, -0.05) is 13.8 Å². The van der Waals surface area contributed by atoms with Crippen LogP contribution in [0, 0.1) is 12.7 Å². The van der Waals surface area contributed by atoms with Crippen molar-refractivity contribution in [3.8, 4) is 5.69 Å². The molecule has 2 aromatic rings. The van der Waals surface area contributed by atoms with E-state index in [1.165, 1.54) is 16.8 Å². The highest BCUT2D eigenvalue weighted by molar-refractivity contribution is 7.89. The molecule has 24 heavy (non-hydrogen) atoms. The van der Waals surface area contributed by atoms with Gasteiger partial charge in [0.2, 0.25) is 10.0 Å². The maximum atomic E-state index is 14.4. The summed E-state index contributed by atoms with van der Waals surface area (Å²) >= 11 is 0. The summed E-state index contributed by atoms with van der Waals surface area (Å²) in [5.74, 6) is -0.660. The van der Waals surface area contributed by atoms with Gasteiger partial charge in [0.15, 0.2) is 0 Å². The summed E-state index contributed by atoms with van der Waals surface area (Å²) in [5, 5.41) is 4.03. The smallest absolute Gasteiger partial charge is 0.241 e. The molecular weight excluding hydrogens is 331 g/mol. The van der Waals surface area contributed by atoms with E-state index in [4.69, 9.17) is 5.73 Å². The number of benzene rings is 1. The van der Waals surface area contributed by atoms with Crippen molar-refractivity contribution in [1.82, 2.24) is 14.5 Å². The summed E-state index contributed by atoms with van der Waals surface area (Å²) in [6, 6.07) is 3.77. The molecule has 132 valence electrons. The summed E-state index contributed by atoms with van der Waals surface area (Å²) in [7, 11) is -3.87. The lowest BCUT2D eigenvalue weighted by molar-refractivity contribution is 0.363. The summed E-state index contributed by atoms with van der Waals surface area (Å²) in [6.45, 7) is 5.74. The summed E-state index contributed by atoms with van der Waals surface area (Å²) in [5.41, 5.74) is 6.08. The second-order valence-electron chi connectivity index (χ2n) is 5.87. The molecule has 0 bridgehead atoms. The molecule has 0 spiro atoms. The largest absolute Gasteiger partial charge is 0.329 e. The van der Waals surface area contributed by atoms with Gasteiger partial charge in [0.1, 0.15) is 11.5 Å². The number of rotatable bonds is 7. The zero-order valence-corrected chi connectivity index (χ0v) is 14.9. The Labute approximate surface area is 141 Å². The number of hydrogen-bond acceptors (Lipinski definition) is 4. The van der Waals surface area contributed by atoms with Crippen molar-refractivity contribution in [2.45, 2.75) is 44.0 Å². The zero-order chi connectivity index (χ0) is 18.0. The lowest BCUT2D eigenvalue weighted by atomic mass is 9.95. The Morgan fingerprint density at radius 1 is 1.33 bits per heavy atom. The molecule has 0 fully saturated rings. The Morgan fingerprint density at radius 3 is 2.46 bits per heavy atom. The van der Waals surface area contributed by atoms with Gasteiger partial charge in [0.05, 0.1) is 11.1 Å². The van der Waals surface area contributed by atoms with Gasteiger partial charge >= 0.3 is 0 Å². The Hall–Kier alpha value is -1.77. The first-order valence-electron chi connectivity index (χ1n) is 7.82. The second kappa shape index (κ2) is 7.00. The van der Waals surface area contributed by atoms with Crippen LogP contribution >= 0.6 is 0 Å². The molecule has 0 unspecified atom stereocenters. The van der Waals surface area contributed by atoms with E-state index in [0.29, 0.717) is 12.8 Å². The Balaban J connectivity index is 2.37. The summed E-state index contributed by atoms with van der Waals surface area (Å²) in [6.07, 6.45) is 4.36. The van der Waals surface area contributed by atoms with E-state index >= 15 is 0 Å². The lowest BCUT2D eigenvalue weighted by Gasteiger charge is -2.31. The topological polar surface area (TPSA) is 90.0 Å².